The molecule has 18 heavy (non-hydrogen) atoms. The second-order valence-corrected chi connectivity index (χ2v) is 4.12. The fourth-order valence-corrected chi connectivity index (χ4v) is 1.82. The Hall–Kier alpha value is -2.27. The van der Waals surface area contributed by atoms with Gasteiger partial charge in [0, 0.05) is 17.2 Å². The minimum absolute atomic E-state index is 0.0529. The van der Waals surface area contributed by atoms with E-state index in [1.807, 2.05) is 0 Å². The van der Waals surface area contributed by atoms with E-state index < -0.39 is 4.92 Å². The Morgan fingerprint density at radius 2 is 1.56 bits per heavy atom. The number of hydrogen-bond donors (Lipinski definition) is 0. The van der Waals surface area contributed by atoms with Crippen LogP contribution in [0.2, 0.25) is 5.02 Å². The summed E-state index contributed by atoms with van der Waals surface area (Å²) in [5.74, 6) is 1.71. The highest BCUT2D eigenvalue weighted by Gasteiger charge is 2.21. The quantitative estimate of drug-likeness (QED) is 0.489. The van der Waals surface area contributed by atoms with Crippen LogP contribution in [0.15, 0.2) is 36.4 Å². The molecule has 0 aliphatic carbocycles. The molecule has 0 saturated heterocycles. The Morgan fingerprint density at radius 3 is 2.28 bits per heavy atom. The van der Waals surface area contributed by atoms with E-state index in [-0.39, 0.29) is 5.69 Å². The third kappa shape index (κ3) is 1.74. The summed E-state index contributed by atoms with van der Waals surface area (Å²) in [7, 11) is 0. The average Bonchev–Trinajstić information content (AvgIpc) is 2.35. The van der Waals surface area contributed by atoms with Crippen molar-refractivity contribution in [3.63, 3.8) is 0 Å². The van der Waals surface area contributed by atoms with Gasteiger partial charge in [-0.25, -0.2) is 0 Å². The molecule has 1 aliphatic heterocycles. The van der Waals surface area contributed by atoms with Gasteiger partial charge in [-0.2, -0.15) is 0 Å². The largest absolute Gasteiger partial charge is 0.450 e. The molecule has 2 aromatic carbocycles. The lowest BCUT2D eigenvalue weighted by Gasteiger charge is -2.20. The van der Waals surface area contributed by atoms with E-state index in [9.17, 15) is 10.1 Å². The van der Waals surface area contributed by atoms with Crippen molar-refractivity contribution >= 4 is 17.3 Å². The highest BCUT2D eigenvalue weighted by atomic mass is 35.5. The van der Waals surface area contributed by atoms with Gasteiger partial charge in [0.2, 0.25) is 0 Å². The molecule has 0 unspecified atom stereocenters. The number of non-ortho nitro benzene ring substituents is 1. The Labute approximate surface area is 107 Å². The first-order valence-electron chi connectivity index (χ1n) is 5.07. The number of halogens is 1. The molecule has 0 bridgehead atoms. The Kier molecular flexibility index (Phi) is 2.34. The lowest BCUT2D eigenvalue weighted by molar-refractivity contribution is -0.384. The number of nitro groups is 1. The molecule has 0 atom stereocenters. The summed E-state index contributed by atoms with van der Waals surface area (Å²) >= 11 is 5.84. The van der Waals surface area contributed by atoms with E-state index in [0.29, 0.717) is 28.0 Å². The molecule has 1 heterocycles. The number of rotatable bonds is 1. The van der Waals surface area contributed by atoms with E-state index in [1.54, 1.807) is 18.2 Å². The zero-order chi connectivity index (χ0) is 12.7. The zero-order valence-electron chi connectivity index (χ0n) is 8.92. The van der Waals surface area contributed by atoms with Crippen LogP contribution in [0.1, 0.15) is 0 Å². The van der Waals surface area contributed by atoms with E-state index in [4.69, 9.17) is 21.1 Å². The third-order valence-corrected chi connectivity index (χ3v) is 2.72. The molecule has 0 saturated carbocycles. The number of benzene rings is 2. The normalized spacial score (nSPS) is 11.8. The van der Waals surface area contributed by atoms with E-state index in [0.717, 1.165) is 0 Å². The highest BCUT2D eigenvalue weighted by molar-refractivity contribution is 6.30. The first-order valence-corrected chi connectivity index (χ1v) is 5.45. The number of nitrogens with zero attached hydrogens (tertiary/aromatic N) is 1. The summed E-state index contributed by atoms with van der Waals surface area (Å²) in [6.45, 7) is 0. The lowest BCUT2D eigenvalue weighted by Crippen LogP contribution is -1.99. The summed E-state index contributed by atoms with van der Waals surface area (Å²) in [6.07, 6.45) is 0. The van der Waals surface area contributed by atoms with Crippen LogP contribution < -0.4 is 9.47 Å². The van der Waals surface area contributed by atoms with Crippen LogP contribution >= 0.6 is 11.6 Å². The molecule has 2 aromatic rings. The monoisotopic (exact) mass is 263 g/mol. The number of nitro benzene ring substituents is 1. The van der Waals surface area contributed by atoms with Gasteiger partial charge in [0.15, 0.2) is 23.0 Å². The molecule has 90 valence electrons. The van der Waals surface area contributed by atoms with Crippen molar-refractivity contribution in [1.29, 1.82) is 0 Å². The molecule has 0 spiro atoms. The number of ether oxygens (including phenoxy) is 2. The number of fused-ring (bicyclic) bond motifs is 2. The second-order valence-electron chi connectivity index (χ2n) is 3.68. The average molecular weight is 264 g/mol. The van der Waals surface area contributed by atoms with Crippen LogP contribution in [0.5, 0.6) is 23.0 Å². The third-order valence-electron chi connectivity index (χ3n) is 2.48. The van der Waals surface area contributed by atoms with Crippen molar-refractivity contribution in [3.05, 3.63) is 51.5 Å². The standard InChI is InChI=1S/C12H6ClNO4/c13-7-1-3-9-11(5-7)18-12-6-8(14(15)16)2-4-10(12)17-9/h1-6H. The minimum atomic E-state index is -0.489. The van der Waals surface area contributed by atoms with Crippen molar-refractivity contribution in [3.8, 4) is 23.0 Å². The summed E-state index contributed by atoms with van der Waals surface area (Å²) in [5.41, 5.74) is -0.0529. The first-order chi connectivity index (χ1) is 8.63. The van der Waals surface area contributed by atoms with Crippen molar-refractivity contribution in [2.24, 2.45) is 0 Å². The predicted octanol–water partition coefficient (Wildman–Crippen LogP) is 4.15. The maximum Gasteiger partial charge on any atom is 0.273 e. The smallest absolute Gasteiger partial charge is 0.273 e. The highest BCUT2D eigenvalue weighted by Crippen LogP contribution is 2.46. The molecule has 1 aliphatic rings. The molecule has 0 fully saturated rings. The van der Waals surface area contributed by atoms with Crippen LogP contribution in [0.25, 0.3) is 0 Å². The Morgan fingerprint density at radius 1 is 0.944 bits per heavy atom. The summed E-state index contributed by atoms with van der Waals surface area (Å²) < 4.78 is 11.1. The minimum Gasteiger partial charge on any atom is -0.450 e. The van der Waals surface area contributed by atoms with Crippen LogP contribution in [0, 0.1) is 10.1 Å². The molecule has 3 rings (SSSR count). The van der Waals surface area contributed by atoms with Gasteiger partial charge in [0.05, 0.1) is 11.0 Å². The molecule has 0 aromatic heterocycles. The van der Waals surface area contributed by atoms with Gasteiger partial charge >= 0.3 is 0 Å². The van der Waals surface area contributed by atoms with Crippen molar-refractivity contribution in [2.45, 2.75) is 0 Å². The van der Waals surface area contributed by atoms with Gasteiger partial charge in [0.1, 0.15) is 0 Å². The summed E-state index contributed by atoms with van der Waals surface area (Å²) in [4.78, 5) is 10.2. The van der Waals surface area contributed by atoms with E-state index >= 15 is 0 Å². The first kappa shape index (κ1) is 10.9. The summed E-state index contributed by atoms with van der Waals surface area (Å²) in [5, 5.41) is 11.2. The van der Waals surface area contributed by atoms with Gasteiger partial charge in [-0.3, -0.25) is 10.1 Å². The fraction of sp³-hybridized carbons (Fsp3) is 0. The molecule has 0 N–H and O–H groups in total. The lowest BCUT2D eigenvalue weighted by atomic mass is 10.2. The molecular formula is C12H6ClNO4. The van der Waals surface area contributed by atoms with Crippen LogP contribution in [0.4, 0.5) is 5.69 Å². The SMILES string of the molecule is O=[N+]([O-])c1ccc2c(c1)Oc1cc(Cl)ccc1O2. The molecule has 5 nitrogen and oxygen atoms in total. The maximum atomic E-state index is 10.7. The van der Waals surface area contributed by atoms with Crippen molar-refractivity contribution in [1.82, 2.24) is 0 Å². The van der Waals surface area contributed by atoms with Crippen LogP contribution in [-0.2, 0) is 0 Å². The van der Waals surface area contributed by atoms with E-state index in [2.05, 4.69) is 0 Å². The van der Waals surface area contributed by atoms with Crippen LogP contribution in [-0.4, -0.2) is 4.92 Å². The Balaban J connectivity index is 2.05. The molecular weight excluding hydrogens is 258 g/mol. The molecule has 0 radical (unpaired) electrons. The van der Waals surface area contributed by atoms with Crippen molar-refractivity contribution in [2.75, 3.05) is 0 Å². The van der Waals surface area contributed by atoms with Crippen LogP contribution in [0.3, 0.4) is 0 Å². The zero-order valence-corrected chi connectivity index (χ0v) is 9.68. The van der Waals surface area contributed by atoms with Crippen molar-refractivity contribution < 1.29 is 14.4 Å². The van der Waals surface area contributed by atoms with Gasteiger partial charge < -0.3 is 9.47 Å². The van der Waals surface area contributed by atoms with Gasteiger partial charge in [-0.15, -0.1) is 0 Å². The van der Waals surface area contributed by atoms with E-state index in [1.165, 1.54) is 18.2 Å². The molecule has 0 amide bonds. The number of hydrogen-bond acceptors (Lipinski definition) is 4. The van der Waals surface area contributed by atoms with Gasteiger partial charge in [-0.1, -0.05) is 11.6 Å². The summed E-state index contributed by atoms with van der Waals surface area (Å²) in [6, 6.07) is 9.15. The van der Waals surface area contributed by atoms with Gasteiger partial charge in [-0.05, 0) is 18.2 Å². The Bertz CT molecular complexity index is 657. The van der Waals surface area contributed by atoms with Gasteiger partial charge in [0.25, 0.3) is 5.69 Å². The molecule has 6 heteroatoms. The maximum absolute atomic E-state index is 10.7. The topological polar surface area (TPSA) is 61.6 Å². The second kappa shape index (κ2) is 3.89. The fourth-order valence-electron chi connectivity index (χ4n) is 1.66. The predicted molar refractivity (Wildman–Crippen MR) is 64.7 cm³/mol.